The van der Waals surface area contributed by atoms with Crippen LogP contribution in [0.3, 0.4) is 0 Å². The van der Waals surface area contributed by atoms with Gasteiger partial charge in [0.25, 0.3) is 5.91 Å². The molecule has 0 bridgehead atoms. The first-order chi connectivity index (χ1) is 15.0. The summed E-state index contributed by atoms with van der Waals surface area (Å²) in [6.45, 7) is 1.46. The molecule has 0 heterocycles. The molecule has 0 aliphatic heterocycles. The molecule has 1 amide bonds. The summed E-state index contributed by atoms with van der Waals surface area (Å²) in [5, 5.41) is 2.72. The predicted molar refractivity (Wildman–Crippen MR) is 114 cm³/mol. The maximum absolute atomic E-state index is 13.0. The molecule has 1 aliphatic rings. The summed E-state index contributed by atoms with van der Waals surface area (Å²) in [6.07, 6.45) is 0.740. The molecule has 6 heteroatoms. The van der Waals surface area contributed by atoms with Gasteiger partial charge in [-0.05, 0) is 24.1 Å². The SMILES string of the molecule is CCc1ccccc1NC(=O)COC(=O)c1cccc2c1C(=O)c1ccccc1C2=O. The van der Waals surface area contributed by atoms with Crippen LogP contribution >= 0.6 is 0 Å². The molecule has 0 aromatic heterocycles. The Bertz CT molecular complexity index is 1230. The van der Waals surface area contributed by atoms with Gasteiger partial charge in [-0.15, -0.1) is 0 Å². The fourth-order valence-electron chi connectivity index (χ4n) is 3.66. The number of ether oxygens (including phenoxy) is 1. The molecule has 0 spiro atoms. The van der Waals surface area contributed by atoms with Gasteiger partial charge in [0.2, 0.25) is 0 Å². The van der Waals surface area contributed by atoms with Gasteiger partial charge in [-0.1, -0.05) is 61.5 Å². The van der Waals surface area contributed by atoms with E-state index in [-0.39, 0.29) is 28.0 Å². The number of anilines is 1. The smallest absolute Gasteiger partial charge is 0.339 e. The molecule has 4 rings (SSSR count). The number of esters is 1. The minimum absolute atomic E-state index is 0.00735. The maximum Gasteiger partial charge on any atom is 0.339 e. The normalized spacial score (nSPS) is 12.0. The molecule has 31 heavy (non-hydrogen) atoms. The number of hydrogen-bond acceptors (Lipinski definition) is 5. The number of nitrogens with one attached hydrogen (secondary N) is 1. The summed E-state index contributed by atoms with van der Waals surface area (Å²) in [7, 11) is 0. The summed E-state index contributed by atoms with van der Waals surface area (Å²) in [6, 6.07) is 18.3. The standard InChI is InChI=1S/C25H19NO5/c1-2-15-8-3-6-13-20(15)26-21(27)14-31-25(30)19-12-7-11-18-22(19)24(29)17-10-5-4-9-16(17)23(18)28/h3-13H,2,14H2,1H3,(H,26,27). The average Bonchev–Trinajstić information content (AvgIpc) is 2.81. The van der Waals surface area contributed by atoms with E-state index in [2.05, 4.69) is 5.32 Å². The van der Waals surface area contributed by atoms with Gasteiger partial charge in [0.1, 0.15) is 0 Å². The summed E-state index contributed by atoms with van der Waals surface area (Å²) < 4.78 is 5.16. The molecule has 154 valence electrons. The number of hydrogen-bond donors (Lipinski definition) is 1. The molecule has 3 aromatic rings. The van der Waals surface area contributed by atoms with E-state index < -0.39 is 24.3 Å². The lowest BCUT2D eigenvalue weighted by Gasteiger charge is -2.19. The number of rotatable bonds is 5. The number of amides is 1. The summed E-state index contributed by atoms with van der Waals surface area (Å²) in [5.41, 5.74) is 2.29. The van der Waals surface area contributed by atoms with Crippen LogP contribution in [-0.2, 0) is 16.0 Å². The van der Waals surface area contributed by atoms with Gasteiger partial charge < -0.3 is 10.1 Å². The number of fused-ring (bicyclic) bond motifs is 2. The van der Waals surface area contributed by atoms with Crippen molar-refractivity contribution in [1.82, 2.24) is 0 Å². The second-order valence-electron chi connectivity index (χ2n) is 7.07. The fourth-order valence-corrected chi connectivity index (χ4v) is 3.66. The Hall–Kier alpha value is -4.06. The van der Waals surface area contributed by atoms with E-state index in [1.54, 1.807) is 36.4 Å². The molecule has 0 fully saturated rings. The highest BCUT2D eigenvalue weighted by atomic mass is 16.5. The van der Waals surface area contributed by atoms with Crippen molar-refractivity contribution in [1.29, 1.82) is 0 Å². The number of carbonyl (C=O) groups is 4. The van der Waals surface area contributed by atoms with Crippen LogP contribution in [0.15, 0.2) is 66.7 Å². The van der Waals surface area contributed by atoms with E-state index in [0.717, 1.165) is 12.0 Å². The zero-order valence-electron chi connectivity index (χ0n) is 16.8. The van der Waals surface area contributed by atoms with Crippen LogP contribution in [0.25, 0.3) is 0 Å². The summed E-state index contributed by atoms with van der Waals surface area (Å²) in [5.74, 6) is -2.07. The van der Waals surface area contributed by atoms with E-state index in [1.807, 2.05) is 19.1 Å². The van der Waals surface area contributed by atoms with Crippen LogP contribution in [-0.4, -0.2) is 30.0 Å². The highest BCUT2D eigenvalue weighted by Gasteiger charge is 2.33. The third-order valence-electron chi connectivity index (χ3n) is 5.18. The second kappa shape index (κ2) is 8.36. The molecule has 0 atom stereocenters. The molecule has 3 aromatic carbocycles. The zero-order chi connectivity index (χ0) is 22.0. The van der Waals surface area contributed by atoms with Crippen molar-refractivity contribution < 1.29 is 23.9 Å². The van der Waals surface area contributed by atoms with Gasteiger partial charge in [0.15, 0.2) is 18.2 Å². The number of benzene rings is 3. The third-order valence-corrected chi connectivity index (χ3v) is 5.18. The minimum Gasteiger partial charge on any atom is -0.452 e. The first-order valence-electron chi connectivity index (χ1n) is 9.87. The summed E-state index contributed by atoms with van der Waals surface area (Å²) >= 11 is 0. The highest BCUT2D eigenvalue weighted by Crippen LogP contribution is 2.29. The Morgan fingerprint density at radius 3 is 2.19 bits per heavy atom. The molecule has 0 unspecified atom stereocenters. The first kappa shape index (κ1) is 20.2. The maximum atomic E-state index is 13.0. The Balaban J connectivity index is 1.53. The number of ketones is 2. The molecule has 0 radical (unpaired) electrons. The minimum atomic E-state index is -0.837. The van der Waals surface area contributed by atoms with Crippen molar-refractivity contribution in [3.63, 3.8) is 0 Å². The quantitative estimate of drug-likeness (QED) is 0.503. The predicted octanol–water partition coefficient (Wildman–Crippen LogP) is 3.82. The van der Waals surface area contributed by atoms with E-state index in [9.17, 15) is 19.2 Å². The van der Waals surface area contributed by atoms with Gasteiger partial charge in [0, 0.05) is 27.9 Å². The van der Waals surface area contributed by atoms with E-state index in [0.29, 0.717) is 11.3 Å². The van der Waals surface area contributed by atoms with E-state index in [1.165, 1.54) is 18.2 Å². The van der Waals surface area contributed by atoms with E-state index in [4.69, 9.17) is 4.74 Å². The lowest BCUT2D eigenvalue weighted by Crippen LogP contribution is -2.26. The number of aryl methyl sites for hydroxylation is 1. The molecule has 1 N–H and O–H groups in total. The van der Waals surface area contributed by atoms with Gasteiger partial charge in [-0.3, -0.25) is 14.4 Å². The highest BCUT2D eigenvalue weighted by molar-refractivity contribution is 6.30. The molecule has 0 saturated heterocycles. The zero-order valence-corrected chi connectivity index (χ0v) is 16.8. The molecule has 1 aliphatic carbocycles. The van der Waals surface area contributed by atoms with Crippen LogP contribution in [0.4, 0.5) is 5.69 Å². The average molecular weight is 413 g/mol. The Morgan fingerprint density at radius 2 is 1.45 bits per heavy atom. The number of carbonyl (C=O) groups excluding carboxylic acids is 4. The monoisotopic (exact) mass is 413 g/mol. The van der Waals surface area contributed by atoms with Gasteiger partial charge in [-0.2, -0.15) is 0 Å². The lowest BCUT2D eigenvalue weighted by atomic mass is 9.82. The molecular formula is C25H19NO5. The van der Waals surface area contributed by atoms with Gasteiger partial charge >= 0.3 is 5.97 Å². The van der Waals surface area contributed by atoms with Crippen LogP contribution in [0.5, 0.6) is 0 Å². The second-order valence-corrected chi connectivity index (χ2v) is 7.07. The molecular weight excluding hydrogens is 394 g/mol. The van der Waals surface area contributed by atoms with Crippen molar-refractivity contribution in [2.24, 2.45) is 0 Å². The molecule has 0 saturated carbocycles. The third kappa shape index (κ3) is 3.75. The van der Waals surface area contributed by atoms with Crippen molar-refractivity contribution in [2.75, 3.05) is 11.9 Å². The largest absolute Gasteiger partial charge is 0.452 e. The van der Waals surface area contributed by atoms with Gasteiger partial charge in [-0.25, -0.2) is 4.79 Å². The van der Waals surface area contributed by atoms with Crippen molar-refractivity contribution in [2.45, 2.75) is 13.3 Å². The van der Waals surface area contributed by atoms with Crippen LogP contribution in [0.1, 0.15) is 54.7 Å². The lowest BCUT2D eigenvalue weighted by molar-refractivity contribution is -0.119. The first-order valence-corrected chi connectivity index (χ1v) is 9.87. The van der Waals surface area contributed by atoms with Crippen LogP contribution in [0, 0.1) is 0 Å². The van der Waals surface area contributed by atoms with Crippen LogP contribution in [0.2, 0.25) is 0 Å². The van der Waals surface area contributed by atoms with E-state index >= 15 is 0 Å². The van der Waals surface area contributed by atoms with Crippen molar-refractivity contribution >= 4 is 29.1 Å². The van der Waals surface area contributed by atoms with Gasteiger partial charge in [0.05, 0.1) is 5.56 Å². The number of para-hydroxylation sites is 1. The Morgan fingerprint density at radius 1 is 0.806 bits per heavy atom. The van der Waals surface area contributed by atoms with Crippen molar-refractivity contribution in [3.8, 4) is 0 Å². The Labute approximate surface area is 178 Å². The molecule has 6 nitrogen and oxygen atoms in total. The summed E-state index contributed by atoms with van der Waals surface area (Å²) in [4.78, 5) is 50.7. The fraction of sp³-hybridized carbons (Fsp3) is 0.120. The Kier molecular flexibility index (Phi) is 5.45. The van der Waals surface area contributed by atoms with Crippen molar-refractivity contribution in [3.05, 3.63) is 100 Å². The van der Waals surface area contributed by atoms with Crippen LogP contribution < -0.4 is 5.32 Å². The topological polar surface area (TPSA) is 89.5 Å².